The van der Waals surface area contributed by atoms with Gasteiger partial charge in [0.05, 0.1) is 6.10 Å². The third kappa shape index (κ3) is 4.09. The molecule has 2 aromatic rings. The van der Waals surface area contributed by atoms with Gasteiger partial charge in [0, 0.05) is 0 Å². The molecular formula is C16H19NO2. The van der Waals surface area contributed by atoms with E-state index in [1.54, 1.807) is 0 Å². The second kappa shape index (κ2) is 6.92. The fourth-order valence-corrected chi connectivity index (χ4v) is 1.88. The van der Waals surface area contributed by atoms with Crippen LogP contribution in [0.25, 0.3) is 0 Å². The summed E-state index contributed by atoms with van der Waals surface area (Å²) in [5, 5.41) is 9.89. The minimum Gasteiger partial charge on any atom is -0.489 e. The van der Waals surface area contributed by atoms with Gasteiger partial charge in [-0.25, -0.2) is 0 Å². The number of hydrogen-bond acceptors (Lipinski definition) is 3. The standard InChI is InChI=1S/C16H19NO2/c17-10-9-16(18)14-7-4-8-15(11-14)19-12-13-5-2-1-3-6-13/h1-8,11,16,18H,9-10,12,17H2. The normalized spacial score (nSPS) is 12.1. The van der Waals surface area contributed by atoms with Crippen molar-refractivity contribution >= 4 is 0 Å². The predicted octanol–water partition coefficient (Wildman–Crippen LogP) is 2.65. The smallest absolute Gasteiger partial charge is 0.120 e. The molecule has 3 N–H and O–H groups in total. The monoisotopic (exact) mass is 257 g/mol. The Balaban J connectivity index is 1.99. The van der Waals surface area contributed by atoms with Crippen LogP contribution in [0.1, 0.15) is 23.7 Å². The van der Waals surface area contributed by atoms with Gasteiger partial charge in [-0.2, -0.15) is 0 Å². The summed E-state index contributed by atoms with van der Waals surface area (Å²) in [4.78, 5) is 0. The highest BCUT2D eigenvalue weighted by molar-refractivity contribution is 5.30. The maximum Gasteiger partial charge on any atom is 0.120 e. The van der Waals surface area contributed by atoms with E-state index >= 15 is 0 Å². The summed E-state index contributed by atoms with van der Waals surface area (Å²) in [6, 6.07) is 17.5. The summed E-state index contributed by atoms with van der Waals surface area (Å²) in [7, 11) is 0. The molecule has 0 aliphatic carbocycles. The van der Waals surface area contributed by atoms with Crippen LogP contribution >= 0.6 is 0 Å². The van der Waals surface area contributed by atoms with Crippen molar-refractivity contribution in [1.29, 1.82) is 0 Å². The number of rotatable bonds is 6. The van der Waals surface area contributed by atoms with Gasteiger partial charge in [0.15, 0.2) is 0 Å². The number of ether oxygens (including phenoxy) is 1. The predicted molar refractivity (Wildman–Crippen MR) is 75.8 cm³/mol. The highest BCUT2D eigenvalue weighted by Crippen LogP contribution is 2.21. The van der Waals surface area contributed by atoms with Crippen LogP contribution in [-0.2, 0) is 6.61 Å². The van der Waals surface area contributed by atoms with Gasteiger partial charge < -0.3 is 15.6 Å². The lowest BCUT2D eigenvalue weighted by molar-refractivity contribution is 0.169. The van der Waals surface area contributed by atoms with Gasteiger partial charge in [0.25, 0.3) is 0 Å². The Hall–Kier alpha value is -1.84. The fourth-order valence-electron chi connectivity index (χ4n) is 1.88. The van der Waals surface area contributed by atoms with E-state index in [9.17, 15) is 5.11 Å². The molecule has 0 aliphatic rings. The van der Waals surface area contributed by atoms with Crippen LogP contribution in [0.15, 0.2) is 54.6 Å². The number of aliphatic hydroxyl groups excluding tert-OH is 1. The van der Waals surface area contributed by atoms with Crippen LogP contribution in [-0.4, -0.2) is 11.7 Å². The van der Waals surface area contributed by atoms with Crippen molar-refractivity contribution in [2.75, 3.05) is 6.54 Å². The molecule has 3 heteroatoms. The molecule has 2 aromatic carbocycles. The van der Waals surface area contributed by atoms with Crippen molar-refractivity contribution in [2.24, 2.45) is 5.73 Å². The van der Waals surface area contributed by atoms with Crippen LogP contribution in [0.3, 0.4) is 0 Å². The Bertz CT molecular complexity index is 499. The van der Waals surface area contributed by atoms with E-state index in [2.05, 4.69) is 0 Å². The summed E-state index contributed by atoms with van der Waals surface area (Å²) in [5.74, 6) is 0.762. The van der Waals surface area contributed by atoms with E-state index in [0.717, 1.165) is 16.9 Å². The first-order chi connectivity index (χ1) is 9.29. The Labute approximate surface area is 113 Å². The van der Waals surface area contributed by atoms with Crippen molar-refractivity contribution < 1.29 is 9.84 Å². The lowest BCUT2D eigenvalue weighted by atomic mass is 10.1. The first-order valence-corrected chi connectivity index (χ1v) is 6.44. The molecule has 100 valence electrons. The molecule has 0 aliphatic heterocycles. The topological polar surface area (TPSA) is 55.5 Å². The van der Waals surface area contributed by atoms with E-state index in [4.69, 9.17) is 10.5 Å². The minimum atomic E-state index is -0.523. The number of hydrogen-bond donors (Lipinski definition) is 2. The maximum atomic E-state index is 9.89. The maximum absolute atomic E-state index is 9.89. The molecule has 1 atom stereocenters. The van der Waals surface area contributed by atoms with Crippen molar-refractivity contribution in [3.8, 4) is 5.75 Å². The Kier molecular flexibility index (Phi) is 4.95. The molecule has 0 spiro atoms. The van der Waals surface area contributed by atoms with Gasteiger partial charge in [-0.05, 0) is 36.2 Å². The van der Waals surface area contributed by atoms with Crippen molar-refractivity contribution in [2.45, 2.75) is 19.1 Å². The van der Waals surface area contributed by atoms with Crippen LogP contribution in [0.5, 0.6) is 5.75 Å². The van der Waals surface area contributed by atoms with E-state index < -0.39 is 6.10 Å². The number of nitrogens with two attached hydrogens (primary N) is 1. The van der Waals surface area contributed by atoms with E-state index in [-0.39, 0.29) is 0 Å². The molecule has 0 bridgehead atoms. The van der Waals surface area contributed by atoms with E-state index in [1.807, 2.05) is 54.6 Å². The first-order valence-electron chi connectivity index (χ1n) is 6.44. The third-order valence-corrected chi connectivity index (χ3v) is 2.93. The van der Waals surface area contributed by atoms with Crippen LogP contribution < -0.4 is 10.5 Å². The van der Waals surface area contributed by atoms with Crippen LogP contribution in [0.4, 0.5) is 0 Å². The van der Waals surface area contributed by atoms with Gasteiger partial charge >= 0.3 is 0 Å². The molecule has 0 heterocycles. The zero-order chi connectivity index (χ0) is 13.5. The molecule has 0 amide bonds. The van der Waals surface area contributed by atoms with Gasteiger partial charge in [-0.1, -0.05) is 42.5 Å². The fraction of sp³-hybridized carbons (Fsp3) is 0.250. The van der Waals surface area contributed by atoms with Crippen LogP contribution in [0.2, 0.25) is 0 Å². The first kappa shape index (κ1) is 13.6. The zero-order valence-electron chi connectivity index (χ0n) is 10.8. The van der Waals surface area contributed by atoms with Crippen LogP contribution in [0, 0.1) is 0 Å². The molecule has 1 unspecified atom stereocenters. The second-order valence-corrected chi connectivity index (χ2v) is 4.44. The largest absolute Gasteiger partial charge is 0.489 e. The lowest BCUT2D eigenvalue weighted by Crippen LogP contribution is -2.06. The highest BCUT2D eigenvalue weighted by atomic mass is 16.5. The summed E-state index contributed by atoms with van der Waals surface area (Å²) in [5.41, 5.74) is 7.41. The number of aliphatic hydroxyl groups is 1. The minimum absolute atomic E-state index is 0.469. The molecule has 0 radical (unpaired) electrons. The van der Waals surface area contributed by atoms with Crippen molar-refractivity contribution in [3.05, 3.63) is 65.7 Å². The van der Waals surface area contributed by atoms with E-state index in [1.165, 1.54) is 0 Å². The summed E-state index contributed by atoms with van der Waals surface area (Å²) in [6.07, 6.45) is 0.0348. The molecule has 19 heavy (non-hydrogen) atoms. The highest BCUT2D eigenvalue weighted by Gasteiger charge is 2.07. The summed E-state index contributed by atoms with van der Waals surface area (Å²) in [6.45, 7) is 0.994. The molecule has 2 rings (SSSR count). The molecule has 0 fully saturated rings. The SMILES string of the molecule is NCCC(O)c1cccc(OCc2ccccc2)c1. The molecular weight excluding hydrogens is 238 g/mol. The average Bonchev–Trinajstić information content (AvgIpc) is 2.47. The molecule has 3 nitrogen and oxygen atoms in total. The zero-order valence-corrected chi connectivity index (χ0v) is 10.8. The van der Waals surface area contributed by atoms with Gasteiger partial charge in [0.1, 0.15) is 12.4 Å². The Morgan fingerprint density at radius 2 is 1.84 bits per heavy atom. The Morgan fingerprint density at radius 1 is 1.05 bits per heavy atom. The third-order valence-electron chi connectivity index (χ3n) is 2.93. The molecule has 0 aromatic heterocycles. The van der Waals surface area contributed by atoms with Crippen molar-refractivity contribution in [1.82, 2.24) is 0 Å². The van der Waals surface area contributed by atoms with Gasteiger partial charge in [0.2, 0.25) is 0 Å². The Morgan fingerprint density at radius 3 is 2.58 bits per heavy atom. The van der Waals surface area contributed by atoms with Crippen molar-refractivity contribution in [3.63, 3.8) is 0 Å². The quantitative estimate of drug-likeness (QED) is 0.836. The lowest BCUT2D eigenvalue weighted by Gasteiger charge is -2.12. The molecule has 0 saturated heterocycles. The average molecular weight is 257 g/mol. The second-order valence-electron chi connectivity index (χ2n) is 4.44. The summed E-state index contributed by atoms with van der Waals surface area (Å²) >= 11 is 0. The van der Waals surface area contributed by atoms with Gasteiger partial charge in [-0.3, -0.25) is 0 Å². The molecule has 0 saturated carbocycles. The number of benzene rings is 2. The van der Waals surface area contributed by atoms with E-state index in [0.29, 0.717) is 19.6 Å². The van der Waals surface area contributed by atoms with Gasteiger partial charge in [-0.15, -0.1) is 0 Å². The summed E-state index contributed by atoms with van der Waals surface area (Å²) < 4.78 is 5.72.